The van der Waals surface area contributed by atoms with E-state index >= 15 is 0 Å². The van der Waals surface area contributed by atoms with Crippen LogP contribution < -0.4 is 20.5 Å². The fraction of sp³-hybridized carbons (Fsp3) is 0.136. The molecule has 1 heterocycles. The molecule has 0 fully saturated rings. The number of ether oxygens (including phenoxy) is 2. The Morgan fingerprint density at radius 3 is 2.68 bits per heavy atom. The van der Waals surface area contributed by atoms with Crippen LogP contribution in [0.15, 0.2) is 58.4 Å². The number of methoxy groups -OCH3 is 2. The topological polar surface area (TPSA) is 119 Å². The van der Waals surface area contributed by atoms with Gasteiger partial charge in [-0.25, -0.2) is 5.43 Å². The van der Waals surface area contributed by atoms with E-state index in [0.29, 0.717) is 22.7 Å². The molecule has 0 aliphatic heterocycles. The van der Waals surface area contributed by atoms with Crippen LogP contribution in [0.1, 0.15) is 27.2 Å². The van der Waals surface area contributed by atoms with E-state index in [2.05, 4.69) is 15.6 Å². The fourth-order valence-electron chi connectivity index (χ4n) is 2.86. The van der Waals surface area contributed by atoms with Gasteiger partial charge in [-0.15, -0.1) is 0 Å². The smallest absolute Gasteiger partial charge is 0.292 e. The number of carbonyl (C=O) groups excluding carboxylic acids is 1. The first kappa shape index (κ1) is 21.3. The highest BCUT2D eigenvalue weighted by molar-refractivity contribution is 5.94. The molecule has 0 aliphatic rings. The molecule has 0 bridgehead atoms. The van der Waals surface area contributed by atoms with E-state index in [0.717, 1.165) is 4.68 Å². The van der Waals surface area contributed by atoms with Gasteiger partial charge in [0.1, 0.15) is 28.8 Å². The molecule has 156 valence electrons. The van der Waals surface area contributed by atoms with Gasteiger partial charge in [0.15, 0.2) is 5.69 Å². The minimum atomic E-state index is -0.670. The second kappa shape index (κ2) is 9.37. The van der Waals surface area contributed by atoms with E-state index in [1.54, 1.807) is 55.6 Å². The van der Waals surface area contributed by atoms with Crippen LogP contribution in [-0.4, -0.2) is 36.1 Å². The molecule has 9 heteroatoms. The van der Waals surface area contributed by atoms with Gasteiger partial charge in [0.05, 0.1) is 20.4 Å². The zero-order valence-electron chi connectivity index (χ0n) is 17.1. The maximum absolute atomic E-state index is 12.8. The number of nitrogens with one attached hydrogen (secondary N) is 1. The molecule has 3 aromatic rings. The highest BCUT2D eigenvalue weighted by Gasteiger charge is 2.21. The summed E-state index contributed by atoms with van der Waals surface area (Å²) < 4.78 is 11.4. The molecule has 0 saturated heterocycles. The molecule has 0 saturated carbocycles. The molecule has 1 amide bonds. The van der Waals surface area contributed by atoms with E-state index in [4.69, 9.17) is 9.47 Å². The second-order valence-electron chi connectivity index (χ2n) is 6.32. The fourth-order valence-corrected chi connectivity index (χ4v) is 2.86. The van der Waals surface area contributed by atoms with Crippen molar-refractivity contribution in [1.29, 1.82) is 5.26 Å². The van der Waals surface area contributed by atoms with Crippen LogP contribution >= 0.6 is 0 Å². The van der Waals surface area contributed by atoms with Crippen molar-refractivity contribution in [3.05, 3.63) is 81.3 Å². The van der Waals surface area contributed by atoms with Crippen molar-refractivity contribution in [3.8, 4) is 23.3 Å². The molecule has 1 N–H and O–H groups in total. The number of nitriles is 1. The molecule has 0 unspecified atom stereocenters. The first-order valence-electron chi connectivity index (χ1n) is 9.15. The van der Waals surface area contributed by atoms with Crippen molar-refractivity contribution >= 4 is 12.1 Å². The van der Waals surface area contributed by atoms with Gasteiger partial charge in [0, 0.05) is 5.56 Å². The molecule has 2 aromatic carbocycles. The van der Waals surface area contributed by atoms with Gasteiger partial charge in [-0.3, -0.25) is 9.59 Å². The summed E-state index contributed by atoms with van der Waals surface area (Å²) in [5, 5.41) is 17.6. The van der Waals surface area contributed by atoms with Crippen LogP contribution in [0.25, 0.3) is 5.69 Å². The molecule has 31 heavy (non-hydrogen) atoms. The van der Waals surface area contributed by atoms with Crippen molar-refractivity contribution in [2.24, 2.45) is 5.10 Å². The number of hydrazone groups is 1. The molecular weight excluding hydrogens is 398 g/mol. The minimum absolute atomic E-state index is 0.107. The largest absolute Gasteiger partial charge is 0.497 e. The standard InChI is InChI=1S/C22H19N5O4/c1-14-17(12-23)22(29)27(18-9-4-5-10-19(18)31-3)26-20(14)21(28)25-24-13-15-7-6-8-16(11-15)30-2/h4-11,13H,1-3H3,(H,25,28)/b24-13+. The average Bonchev–Trinajstić information content (AvgIpc) is 2.79. The van der Waals surface area contributed by atoms with Gasteiger partial charge in [0.2, 0.25) is 0 Å². The lowest BCUT2D eigenvalue weighted by Crippen LogP contribution is -2.31. The van der Waals surface area contributed by atoms with Crippen LogP contribution in [0.3, 0.4) is 0 Å². The third kappa shape index (κ3) is 4.43. The van der Waals surface area contributed by atoms with Gasteiger partial charge in [-0.05, 0) is 36.8 Å². The van der Waals surface area contributed by atoms with E-state index in [1.807, 2.05) is 6.07 Å². The molecule has 9 nitrogen and oxygen atoms in total. The number of hydrogen-bond donors (Lipinski definition) is 1. The number of aromatic nitrogens is 2. The summed E-state index contributed by atoms with van der Waals surface area (Å²) in [6.45, 7) is 1.49. The van der Waals surface area contributed by atoms with Gasteiger partial charge in [0.25, 0.3) is 11.5 Å². The number of carbonyl (C=O) groups is 1. The minimum Gasteiger partial charge on any atom is -0.497 e. The summed E-state index contributed by atoms with van der Waals surface area (Å²) >= 11 is 0. The highest BCUT2D eigenvalue weighted by atomic mass is 16.5. The predicted molar refractivity (Wildman–Crippen MR) is 114 cm³/mol. The summed E-state index contributed by atoms with van der Waals surface area (Å²) in [4.78, 5) is 25.5. The predicted octanol–water partition coefficient (Wildman–Crippen LogP) is 2.19. The van der Waals surface area contributed by atoms with Gasteiger partial charge >= 0.3 is 0 Å². The summed E-state index contributed by atoms with van der Waals surface area (Å²) in [6.07, 6.45) is 1.44. The quantitative estimate of drug-likeness (QED) is 0.485. The molecule has 0 radical (unpaired) electrons. The Hall–Kier alpha value is -4.45. The Balaban J connectivity index is 1.98. The zero-order valence-corrected chi connectivity index (χ0v) is 17.1. The Morgan fingerprint density at radius 1 is 1.19 bits per heavy atom. The van der Waals surface area contributed by atoms with Crippen LogP contribution in [0.5, 0.6) is 11.5 Å². The van der Waals surface area contributed by atoms with E-state index in [-0.39, 0.29) is 16.8 Å². The summed E-state index contributed by atoms with van der Waals surface area (Å²) in [5.74, 6) is 0.347. The number of nitrogens with zero attached hydrogens (tertiary/aromatic N) is 4. The summed E-state index contributed by atoms with van der Waals surface area (Å²) in [6, 6.07) is 15.6. The Labute approximate surface area is 178 Å². The van der Waals surface area contributed by atoms with Crippen LogP contribution in [0.4, 0.5) is 0 Å². The van der Waals surface area contributed by atoms with Crippen molar-refractivity contribution in [2.45, 2.75) is 6.92 Å². The summed E-state index contributed by atoms with van der Waals surface area (Å²) in [5.41, 5.74) is 2.60. The second-order valence-corrected chi connectivity index (χ2v) is 6.32. The molecular formula is C22H19N5O4. The molecule has 1 aromatic heterocycles. The van der Waals surface area contributed by atoms with Crippen LogP contribution in [0.2, 0.25) is 0 Å². The lowest BCUT2D eigenvalue weighted by Gasteiger charge is -2.13. The Bertz CT molecular complexity index is 1260. The average molecular weight is 417 g/mol. The Morgan fingerprint density at radius 2 is 1.97 bits per heavy atom. The van der Waals surface area contributed by atoms with Gasteiger partial charge in [-0.2, -0.15) is 20.1 Å². The third-order valence-corrected chi connectivity index (χ3v) is 4.45. The Kier molecular flexibility index (Phi) is 6.42. The third-order valence-electron chi connectivity index (χ3n) is 4.45. The number of para-hydroxylation sites is 2. The SMILES string of the molecule is COc1cccc(/C=N/NC(=O)c2nn(-c3ccccc3OC)c(=O)c(C#N)c2C)c1. The molecule has 0 spiro atoms. The maximum Gasteiger partial charge on any atom is 0.292 e. The van der Waals surface area contributed by atoms with Crippen LogP contribution in [-0.2, 0) is 0 Å². The lowest BCUT2D eigenvalue weighted by molar-refractivity contribution is 0.0947. The van der Waals surface area contributed by atoms with Crippen molar-refractivity contribution in [3.63, 3.8) is 0 Å². The van der Waals surface area contributed by atoms with E-state index < -0.39 is 11.5 Å². The number of rotatable bonds is 6. The number of benzene rings is 2. The van der Waals surface area contributed by atoms with Crippen molar-refractivity contribution in [1.82, 2.24) is 15.2 Å². The zero-order chi connectivity index (χ0) is 22.4. The first-order valence-corrected chi connectivity index (χ1v) is 9.15. The van der Waals surface area contributed by atoms with E-state index in [1.165, 1.54) is 20.2 Å². The highest BCUT2D eigenvalue weighted by Crippen LogP contribution is 2.21. The molecule has 0 aliphatic carbocycles. The van der Waals surface area contributed by atoms with Crippen molar-refractivity contribution < 1.29 is 14.3 Å². The van der Waals surface area contributed by atoms with Gasteiger partial charge in [-0.1, -0.05) is 24.3 Å². The normalized spacial score (nSPS) is 10.5. The molecule has 3 rings (SSSR count). The lowest BCUT2D eigenvalue weighted by atomic mass is 10.1. The maximum atomic E-state index is 12.8. The summed E-state index contributed by atoms with van der Waals surface area (Å²) in [7, 11) is 3.00. The molecule has 0 atom stereocenters. The number of amides is 1. The van der Waals surface area contributed by atoms with Crippen molar-refractivity contribution in [2.75, 3.05) is 14.2 Å². The monoisotopic (exact) mass is 417 g/mol. The number of hydrogen-bond acceptors (Lipinski definition) is 7. The van der Waals surface area contributed by atoms with E-state index in [9.17, 15) is 14.9 Å². The van der Waals surface area contributed by atoms with Crippen LogP contribution in [0, 0.1) is 18.3 Å². The van der Waals surface area contributed by atoms with Gasteiger partial charge < -0.3 is 9.47 Å². The first-order chi connectivity index (χ1) is 15.0.